The number of hydrogen-bond donors (Lipinski definition) is 3. The Hall–Kier alpha value is -2.97. The summed E-state index contributed by atoms with van der Waals surface area (Å²) in [6, 6.07) is 2.96. The van der Waals surface area contributed by atoms with Crippen LogP contribution < -0.4 is 16.0 Å². The average molecular weight is 345 g/mol. The molecule has 0 aliphatic carbocycles. The van der Waals surface area contributed by atoms with Gasteiger partial charge in [0.25, 0.3) is 5.91 Å². The second-order valence-corrected chi connectivity index (χ2v) is 5.81. The molecule has 2 aromatic rings. The Morgan fingerprint density at radius 2 is 1.96 bits per heavy atom. The van der Waals surface area contributed by atoms with E-state index in [9.17, 15) is 9.59 Å². The van der Waals surface area contributed by atoms with E-state index in [-0.39, 0.29) is 24.0 Å². The van der Waals surface area contributed by atoms with Crippen LogP contribution in [-0.4, -0.2) is 44.8 Å². The number of urea groups is 1. The normalized spacial score (nSPS) is 11.8. The smallest absolute Gasteiger partial charge is 0.315 e. The Morgan fingerprint density at radius 3 is 2.64 bits per heavy atom. The van der Waals surface area contributed by atoms with Gasteiger partial charge in [-0.3, -0.25) is 9.78 Å². The Kier molecular flexibility index (Phi) is 6.44. The Balaban J connectivity index is 1.72. The van der Waals surface area contributed by atoms with Crippen molar-refractivity contribution < 1.29 is 9.59 Å². The number of rotatable bonds is 7. The summed E-state index contributed by atoms with van der Waals surface area (Å²) in [6.45, 7) is 6.50. The highest BCUT2D eigenvalue weighted by Crippen LogP contribution is 2.13. The number of nitrogens with zero attached hydrogens (tertiary/aromatic N) is 4. The van der Waals surface area contributed by atoms with Gasteiger partial charge in [0.2, 0.25) is 0 Å². The number of amides is 3. The summed E-state index contributed by atoms with van der Waals surface area (Å²) < 4.78 is 1.90. The number of carbonyl (C=O) groups excluding carboxylic acids is 2. The van der Waals surface area contributed by atoms with Crippen LogP contribution in [-0.2, 0) is 0 Å². The van der Waals surface area contributed by atoms with Gasteiger partial charge in [0.15, 0.2) is 5.82 Å². The van der Waals surface area contributed by atoms with Crippen LogP contribution in [0.3, 0.4) is 0 Å². The highest BCUT2D eigenvalue weighted by molar-refractivity contribution is 5.93. The van der Waals surface area contributed by atoms with E-state index >= 15 is 0 Å². The van der Waals surface area contributed by atoms with Crippen molar-refractivity contribution in [3.8, 4) is 0 Å². The van der Waals surface area contributed by atoms with Crippen molar-refractivity contribution in [1.82, 2.24) is 35.7 Å². The average Bonchev–Trinajstić information content (AvgIpc) is 3.09. The third-order valence-electron chi connectivity index (χ3n) is 3.51. The molecule has 1 atom stereocenters. The molecule has 0 aliphatic heterocycles. The molecule has 3 N–H and O–H groups in total. The molecule has 0 saturated heterocycles. The van der Waals surface area contributed by atoms with Crippen molar-refractivity contribution in [2.45, 2.75) is 32.9 Å². The topological polar surface area (TPSA) is 114 Å². The van der Waals surface area contributed by atoms with Crippen LogP contribution in [0.15, 0.2) is 30.9 Å². The molecule has 9 nitrogen and oxygen atoms in total. The maximum absolute atomic E-state index is 11.9. The minimum atomic E-state index is -0.332. The number of hydrogen-bond acceptors (Lipinski definition) is 5. The van der Waals surface area contributed by atoms with Gasteiger partial charge in [-0.15, -0.1) is 10.2 Å². The van der Waals surface area contributed by atoms with Gasteiger partial charge >= 0.3 is 6.03 Å². The molecule has 2 rings (SSSR count). The van der Waals surface area contributed by atoms with Crippen molar-refractivity contribution >= 4 is 11.9 Å². The summed E-state index contributed by atoms with van der Waals surface area (Å²) >= 11 is 0. The summed E-state index contributed by atoms with van der Waals surface area (Å²) in [7, 11) is 0. The van der Waals surface area contributed by atoms with Gasteiger partial charge in [-0.05, 0) is 32.9 Å². The third kappa shape index (κ3) is 5.27. The van der Waals surface area contributed by atoms with Gasteiger partial charge in [0.1, 0.15) is 6.33 Å². The fourth-order valence-corrected chi connectivity index (χ4v) is 2.22. The van der Waals surface area contributed by atoms with Crippen molar-refractivity contribution in [2.75, 3.05) is 13.1 Å². The molecule has 3 amide bonds. The summed E-state index contributed by atoms with van der Waals surface area (Å²) in [5.41, 5.74) is 0.480. The lowest BCUT2D eigenvalue weighted by atomic mass is 10.3. The molecule has 25 heavy (non-hydrogen) atoms. The first-order valence-electron chi connectivity index (χ1n) is 8.11. The van der Waals surface area contributed by atoms with Gasteiger partial charge < -0.3 is 20.5 Å². The zero-order chi connectivity index (χ0) is 18.2. The second-order valence-electron chi connectivity index (χ2n) is 5.81. The Morgan fingerprint density at radius 1 is 1.20 bits per heavy atom. The minimum Gasteiger partial charge on any atom is -0.350 e. The largest absolute Gasteiger partial charge is 0.350 e. The molecule has 0 fully saturated rings. The predicted octanol–water partition coefficient (Wildman–Crippen LogP) is 1.04. The number of nitrogens with one attached hydrogen (secondary N) is 3. The molecule has 0 saturated carbocycles. The highest BCUT2D eigenvalue weighted by Gasteiger charge is 2.16. The molecule has 0 spiro atoms. The first-order valence-corrected chi connectivity index (χ1v) is 8.11. The monoisotopic (exact) mass is 345 g/mol. The van der Waals surface area contributed by atoms with Crippen LogP contribution in [0.25, 0.3) is 0 Å². The first kappa shape index (κ1) is 18.4. The van der Waals surface area contributed by atoms with Crippen molar-refractivity contribution in [1.29, 1.82) is 0 Å². The van der Waals surface area contributed by atoms with E-state index < -0.39 is 0 Å². The first-order chi connectivity index (χ1) is 12.0. The zero-order valence-corrected chi connectivity index (χ0v) is 14.6. The van der Waals surface area contributed by atoms with Gasteiger partial charge in [0.05, 0.1) is 11.6 Å². The van der Waals surface area contributed by atoms with Crippen LogP contribution in [0, 0.1) is 0 Å². The van der Waals surface area contributed by atoms with E-state index in [4.69, 9.17) is 0 Å². The molecule has 2 heterocycles. The van der Waals surface area contributed by atoms with Crippen molar-refractivity contribution in [3.05, 3.63) is 42.2 Å². The van der Waals surface area contributed by atoms with E-state index in [1.165, 1.54) is 6.20 Å². The number of pyridine rings is 1. The Labute approximate surface area is 146 Å². The van der Waals surface area contributed by atoms with Gasteiger partial charge in [-0.1, -0.05) is 0 Å². The lowest BCUT2D eigenvalue weighted by Crippen LogP contribution is -2.41. The summed E-state index contributed by atoms with van der Waals surface area (Å²) in [5, 5.41) is 16.1. The van der Waals surface area contributed by atoms with Crippen LogP contribution >= 0.6 is 0 Å². The van der Waals surface area contributed by atoms with Gasteiger partial charge in [-0.25, -0.2) is 4.79 Å². The lowest BCUT2D eigenvalue weighted by Gasteiger charge is -2.17. The maximum atomic E-state index is 11.9. The van der Waals surface area contributed by atoms with Gasteiger partial charge in [0, 0.05) is 31.5 Å². The standard InChI is InChI=1S/C16H23N7O2/c1-11(2)23-10-20-22-14(23)12(3)21-16(25)19-8-7-18-15(24)13-5-4-6-17-9-13/h4-6,9-12H,7-8H2,1-3H3,(H,18,24)(H2,19,21,25)/t12-/m1/s1. The Bertz CT molecular complexity index is 700. The summed E-state index contributed by atoms with van der Waals surface area (Å²) in [5.74, 6) is 0.462. The summed E-state index contributed by atoms with van der Waals surface area (Å²) in [4.78, 5) is 27.7. The SMILES string of the molecule is CC(C)n1cnnc1[C@@H](C)NC(=O)NCCNC(=O)c1cccnc1. The second kappa shape index (κ2) is 8.76. The maximum Gasteiger partial charge on any atom is 0.315 e. The molecule has 0 aromatic carbocycles. The molecule has 9 heteroatoms. The van der Waals surface area contributed by atoms with Gasteiger partial charge in [-0.2, -0.15) is 0 Å². The molecular formula is C16H23N7O2. The van der Waals surface area contributed by atoms with Crippen LogP contribution in [0.1, 0.15) is 49.0 Å². The fraction of sp³-hybridized carbons (Fsp3) is 0.438. The molecular weight excluding hydrogens is 322 g/mol. The molecule has 0 radical (unpaired) electrons. The minimum absolute atomic E-state index is 0.208. The summed E-state index contributed by atoms with van der Waals surface area (Å²) in [6.07, 6.45) is 4.73. The van der Waals surface area contributed by atoms with E-state index in [1.807, 2.05) is 25.3 Å². The van der Waals surface area contributed by atoms with Crippen LogP contribution in [0.2, 0.25) is 0 Å². The quantitative estimate of drug-likeness (QED) is 0.649. The number of carbonyl (C=O) groups is 2. The van der Waals surface area contributed by atoms with E-state index in [2.05, 4.69) is 31.1 Å². The molecule has 2 aromatic heterocycles. The zero-order valence-electron chi connectivity index (χ0n) is 14.6. The van der Waals surface area contributed by atoms with Crippen LogP contribution in [0.4, 0.5) is 4.79 Å². The molecule has 0 bridgehead atoms. The van der Waals surface area contributed by atoms with Crippen LogP contribution in [0.5, 0.6) is 0 Å². The fourth-order valence-electron chi connectivity index (χ4n) is 2.22. The molecule has 0 aliphatic rings. The highest BCUT2D eigenvalue weighted by atomic mass is 16.2. The van der Waals surface area contributed by atoms with E-state index in [0.717, 1.165) is 0 Å². The molecule has 0 unspecified atom stereocenters. The van der Waals surface area contributed by atoms with Crippen molar-refractivity contribution in [2.24, 2.45) is 0 Å². The number of aromatic nitrogens is 4. The molecule has 134 valence electrons. The van der Waals surface area contributed by atoms with E-state index in [0.29, 0.717) is 24.5 Å². The predicted molar refractivity (Wildman–Crippen MR) is 91.9 cm³/mol. The van der Waals surface area contributed by atoms with Crippen molar-refractivity contribution in [3.63, 3.8) is 0 Å². The lowest BCUT2D eigenvalue weighted by molar-refractivity contribution is 0.0953. The van der Waals surface area contributed by atoms with E-state index in [1.54, 1.807) is 24.7 Å². The third-order valence-corrected chi connectivity index (χ3v) is 3.51.